The largest absolute Gasteiger partial charge is 0.482 e. The average Bonchev–Trinajstić information content (AvgIpc) is 2.83. The zero-order valence-corrected chi connectivity index (χ0v) is 20.3. The van der Waals surface area contributed by atoms with E-state index in [1.807, 2.05) is 49.4 Å². The number of ether oxygens (including phenoxy) is 1. The number of pyridine rings is 1. The summed E-state index contributed by atoms with van der Waals surface area (Å²) in [5, 5.41) is 3.45. The summed E-state index contributed by atoms with van der Waals surface area (Å²) in [4.78, 5) is 21.7. The van der Waals surface area contributed by atoms with Gasteiger partial charge in [0.15, 0.2) is 11.6 Å². The number of rotatable bonds is 7. The van der Waals surface area contributed by atoms with Crippen LogP contribution >= 0.6 is 11.6 Å². The van der Waals surface area contributed by atoms with Crippen LogP contribution in [0.2, 0.25) is 5.02 Å². The van der Waals surface area contributed by atoms with Gasteiger partial charge in [0, 0.05) is 56.2 Å². The van der Waals surface area contributed by atoms with E-state index in [1.54, 1.807) is 6.07 Å². The van der Waals surface area contributed by atoms with Crippen LogP contribution in [0.5, 0.6) is 5.75 Å². The fraction of sp³-hybridized carbons (Fsp3) is 0.308. The second-order valence-electron chi connectivity index (χ2n) is 8.66. The first kappa shape index (κ1) is 24.0. The van der Waals surface area contributed by atoms with Crippen molar-refractivity contribution in [1.82, 2.24) is 14.8 Å². The van der Waals surface area contributed by atoms with Crippen molar-refractivity contribution in [2.75, 3.05) is 44.3 Å². The van der Waals surface area contributed by atoms with E-state index in [4.69, 9.17) is 22.1 Å². The number of nitrogens with two attached hydrogens (primary N) is 1. The smallest absolute Gasteiger partial charge is 0.255 e. The van der Waals surface area contributed by atoms with Gasteiger partial charge in [-0.3, -0.25) is 9.69 Å². The van der Waals surface area contributed by atoms with Crippen LogP contribution in [0, 0.1) is 0 Å². The predicted molar refractivity (Wildman–Crippen MR) is 136 cm³/mol. The number of halogens is 1. The number of nitrogens with one attached hydrogen (secondary N) is 1. The van der Waals surface area contributed by atoms with E-state index in [2.05, 4.69) is 33.2 Å². The van der Waals surface area contributed by atoms with Crippen LogP contribution in [-0.2, 0) is 6.54 Å². The quantitative estimate of drug-likeness (QED) is 0.520. The maximum absolute atomic E-state index is 13.0. The fourth-order valence-electron chi connectivity index (χ4n) is 3.93. The normalized spacial score (nSPS) is 15.6. The molecule has 0 radical (unpaired) electrons. The molecule has 0 unspecified atom stereocenters. The zero-order valence-electron chi connectivity index (χ0n) is 19.5. The molecule has 1 amide bonds. The molecule has 3 N–H and O–H groups in total. The average molecular weight is 480 g/mol. The molecule has 0 aliphatic carbocycles. The van der Waals surface area contributed by atoms with Crippen LogP contribution in [0.4, 0.5) is 11.5 Å². The highest BCUT2D eigenvalue weighted by Gasteiger charge is 2.16. The minimum atomic E-state index is -0.314. The van der Waals surface area contributed by atoms with Gasteiger partial charge in [-0.15, -0.1) is 0 Å². The Morgan fingerprint density at radius 2 is 1.91 bits per heavy atom. The Kier molecular flexibility index (Phi) is 7.67. The molecular formula is C26H30ClN5O2. The second-order valence-corrected chi connectivity index (χ2v) is 9.09. The molecule has 0 bridgehead atoms. The summed E-state index contributed by atoms with van der Waals surface area (Å²) in [5.41, 5.74) is 9.26. The summed E-state index contributed by atoms with van der Waals surface area (Å²) in [6.07, 6.45) is 1.16. The van der Waals surface area contributed by atoms with Crippen LogP contribution in [0.1, 0.15) is 34.5 Å². The predicted octanol–water partition coefficient (Wildman–Crippen LogP) is 4.46. The molecule has 0 saturated carbocycles. The molecule has 1 saturated heterocycles. The highest BCUT2D eigenvalue weighted by atomic mass is 35.5. The number of anilines is 2. The third kappa shape index (κ3) is 6.26. The van der Waals surface area contributed by atoms with Crippen LogP contribution in [0.3, 0.4) is 0 Å². The number of hydrogen-bond donors (Lipinski definition) is 2. The molecule has 3 aromatic rings. The summed E-state index contributed by atoms with van der Waals surface area (Å²) in [6.45, 7) is 6.97. The van der Waals surface area contributed by atoms with Crippen LogP contribution < -0.4 is 15.8 Å². The van der Waals surface area contributed by atoms with Gasteiger partial charge < -0.3 is 20.7 Å². The van der Waals surface area contributed by atoms with E-state index in [-0.39, 0.29) is 17.8 Å². The van der Waals surface area contributed by atoms with Gasteiger partial charge in [0.1, 0.15) is 6.10 Å². The van der Waals surface area contributed by atoms with Gasteiger partial charge >= 0.3 is 0 Å². The van der Waals surface area contributed by atoms with Crippen molar-refractivity contribution in [2.24, 2.45) is 0 Å². The van der Waals surface area contributed by atoms with Gasteiger partial charge in [0.2, 0.25) is 0 Å². The molecule has 1 aliphatic heterocycles. The number of benzene rings is 2. The molecular weight excluding hydrogens is 450 g/mol. The van der Waals surface area contributed by atoms with Crippen molar-refractivity contribution in [3.05, 3.63) is 82.5 Å². The van der Waals surface area contributed by atoms with E-state index >= 15 is 0 Å². The van der Waals surface area contributed by atoms with E-state index in [1.165, 1.54) is 6.20 Å². The van der Waals surface area contributed by atoms with Crippen LogP contribution in [0.25, 0.3) is 0 Å². The van der Waals surface area contributed by atoms with Gasteiger partial charge in [-0.25, -0.2) is 4.98 Å². The first-order valence-corrected chi connectivity index (χ1v) is 11.7. The molecule has 1 aromatic heterocycles. The molecule has 34 heavy (non-hydrogen) atoms. The Bertz CT molecular complexity index is 1150. The lowest BCUT2D eigenvalue weighted by atomic mass is 10.1. The van der Waals surface area contributed by atoms with Crippen LogP contribution in [0.15, 0.2) is 60.8 Å². The SMILES string of the molecule is C[C@@H](Oc1cc(Cl)cnc1N)c1cccc(NC(=O)c2cccc(CN3CCN(C)CC3)c2)c1. The monoisotopic (exact) mass is 479 g/mol. The lowest BCUT2D eigenvalue weighted by Crippen LogP contribution is -2.43. The first-order chi connectivity index (χ1) is 16.4. The summed E-state index contributed by atoms with van der Waals surface area (Å²) < 4.78 is 5.96. The summed E-state index contributed by atoms with van der Waals surface area (Å²) in [6, 6.07) is 17.0. The molecule has 1 aliphatic rings. The van der Waals surface area contributed by atoms with Gasteiger partial charge in [-0.2, -0.15) is 0 Å². The van der Waals surface area contributed by atoms with Crippen LogP contribution in [-0.4, -0.2) is 53.9 Å². The van der Waals surface area contributed by atoms with Gasteiger partial charge in [-0.1, -0.05) is 35.9 Å². The fourth-order valence-corrected chi connectivity index (χ4v) is 4.08. The standard InChI is InChI=1S/C26H30ClN5O2/c1-18(34-24-15-22(27)16-29-25(24)28)20-6-4-8-23(14-20)30-26(33)21-7-3-5-19(13-21)17-32-11-9-31(2)10-12-32/h3-8,13-16,18H,9-12,17H2,1-2H3,(H2,28,29)(H,30,33)/t18-/m1/s1. The van der Waals surface area contributed by atoms with Gasteiger partial charge in [0.25, 0.3) is 5.91 Å². The highest BCUT2D eigenvalue weighted by Crippen LogP contribution is 2.29. The Labute approximate surface area is 205 Å². The minimum absolute atomic E-state index is 0.144. The number of nitrogens with zero attached hydrogens (tertiary/aromatic N) is 3. The van der Waals surface area contributed by atoms with Crippen molar-refractivity contribution in [1.29, 1.82) is 0 Å². The molecule has 1 fully saturated rings. The van der Waals surface area contributed by atoms with Crippen molar-refractivity contribution in [3.8, 4) is 5.75 Å². The molecule has 1 atom stereocenters. The Hall–Kier alpha value is -3.13. The molecule has 2 aromatic carbocycles. The van der Waals surface area contributed by atoms with E-state index in [9.17, 15) is 4.79 Å². The molecule has 8 heteroatoms. The Morgan fingerprint density at radius 1 is 1.15 bits per heavy atom. The van der Waals surface area contributed by atoms with E-state index in [0.717, 1.165) is 43.9 Å². The van der Waals surface area contributed by atoms with Crippen molar-refractivity contribution in [2.45, 2.75) is 19.6 Å². The van der Waals surface area contributed by atoms with Crippen molar-refractivity contribution in [3.63, 3.8) is 0 Å². The van der Waals surface area contributed by atoms with Gasteiger partial charge in [-0.05, 0) is 49.4 Å². The lowest BCUT2D eigenvalue weighted by Gasteiger charge is -2.32. The first-order valence-electron chi connectivity index (χ1n) is 11.4. The maximum atomic E-state index is 13.0. The molecule has 0 spiro atoms. The van der Waals surface area contributed by atoms with Gasteiger partial charge in [0.05, 0.1) is 5.02 Å². The number of aromatic nitrogens is 1. The summed E-state index contributed by atoms with van der Waals surface area (Å²) >= 11 is 6.01. The number of carbonyl (C=O) groups is 1. The topological polar surface area (TPSA) is 83.7 Å². The van der Waals surface area contributed by atoms with E-state index < -0.39 is 0 Å². The molecule has 178 valence electrons. The van der Waals surface area contributed by atoms with E-state index in [0.29, 0.717) is 22.0 Å². The van der Waals surface area contributed by atoms with Crippen molar-refractivity contribution < 1.29 is 9.53 Å². The third-order valence-electron chi connectivity index (χ3n) is 5.96. The minimum Gasteiger partial charge on any atom is -0.482 e. The number of nitrogen functional groups attached to an aromatic ring is 1. The molecule has 4 rings (SSSR count). The number of hydrogen-bond acceptors (Lipinski definition) is 6. The molecule has 7 nitrogen and oxygen atoms in total. The molecule has 2 heterocycles. The summed E-state index contributed by atoms with van der Waals surface area (Å²) in [7, 11) is 2.15. The third-order valence-corrected chi connectivity index (χ3v) is 6.16. The van der Waals surface area contributed by atoms with Crippen molar-refractivity contribution >= 4 is 29.0 Å². The number of amides is 1. The maximum Gasteiger partial charge on any atom is 0.255 e. The second kappa shape index (κ2) is 10.9. The Balaban J connectivity index is 1.40. The lowest BCUT2D eigenvalue weighted by molar-refractivity contribution is 0.102. The zero-order chi connectivity index (χ0) is 24.1. The highest BCUT2D eigenvalue weighted by molar-refractivity contribution is 6.30. The number of piperazine rings is 1. The number of likely N-dealkylation sites (N-methyl/N-ethyl adjacent to an activating group) is 1. The number of carbonyl (C=O) groups excluding carboxylic acids is 1. The summed E-state index contributed by atoms with van der Waals surface area (Å²) in [5.74, 6) is 0.554. The Morgan fingerprint density at radius 3 is 2.71 bits per heavy atom.